The number of imide groups is 1. The van der Waals surface area contributed by atoms with Gasteiger partial charge in [-0.05, 0) is 73.6 Å². The van der Waals surface area contributed by atoms with Gasteiger partial charge in [0.05, 0.1) is 17.5 Å². The number of rotatable bonds is 3. The fourth-order valence-corrected chi connectivity index (χ4v) is 4.97. The van der Waals surface area contributed by atoms with Crippen LogP contribution in [0.4, 0.5) is 11.4 Å². The van der Waals surface area contributed by atoms with E-state index in [2.05, 4.69) is 17.5 Å². The zero-order chi connectivity index (χ0) is 20.3. The minimum absolute atomic E-state index is 0.136. The number of allylic oxidation sites excluding steroid dienone is 2. The average Bonchev–Trinajstić information content (AvgIpc) is 3.38. The SMILES string of the molecule is Cc1ccc(NC(=O)c2cccc(N3C(=O)[C@@H]4[C@H](C3=O)[C@H]3C=C[C@@H]4C3)c2)cc1C. The molecule has 5 rings (SSSR count). The Balaban J connectivity index is 1.40. The highest BCUT2D eigenvalue weighted by Gasteiger charge is 2.59. The Kier molecular flexibility index (Phi) is 3.95. The van der Waals surface area contributed by atoms with Crippen LogP contribution in [-0.2, 0) is 9.59 Å². The molecule has 5 heteroatoms. The zero-order valence-corrected chi connectivity index (χ0v) is 16.4. The van der Waals surface area contributed by atoms with Gasteiger partial charge in [0, 0.05) is 11.3 Å². The van der Waals surface area contributed by atoms with Crippen molar-refractivity contribution in [1.29, 1.82) is 0 Å². The second-order valence-electron chi connectivity index (χ2n) is 8.32. The lowest BCUT2D eigenvalue weighted by atomic mass is 9.85. The van der Waals surface area contributed by atoms with Crippen molar-refractivity contribution in [2.75, 3.05) is 10.2 Å². The van der Waals surface area contributed by atoms with Crippen LogP contribution in [0.15, 0.2) is 54.6 Å². The number of fused-ring (bicyclic) bond motifs is 5. The molecule has 0 radical (unpaired) electrons. The van der Waals surface area contributed by atoms with Crippen LogP contribution in [0.5, 0.6) is 0 Å². The lowest BCUT2D eigenvalue weighted by Gasteiger charge is -2.18. The van der Waals surface area contributed by atoms with Crippen LogP contribution < -0.4 is 10.2 Å². The number of hydrogen-bond donors (Lipinski definition) is 1. The number of hydrogen-bond acceptors (Lipinski definition) is 3. The van der Waals surface area contributed by atoms with Crippen molar-refractivity contribution in [3.8, 4) is 0 Å². The molecule has 2 aliphatic carbocycles. The molecule has 3 aliphatic rings. The van der Waals surface area contributed by atoms with Gasteiger partial charge in [-0.1, -0.05) is 24.3 Å². The van der Waals surface area contributed by atoms with Gasteiger partial charge in [0.15, 0.2) is 0 Å². The monoisotopic (exact) mass is 386 g/mol. The molecule has 1 heterocycles. The van der Waals surface area contributed by atoms with Gasteiger partial charge in [0.1, 0.15) is 0 Å². The number of nitrogens with one attached hydrogen (secondary N) is 1. The molecule has 0 aromatic heterocycles. The van der Waals surface area contributed by atoms with E-state index in [1.54, 1.807) is 24.3 Å². The highest BCUT2D eigenvalue weighted by molar-refractivity contribution is 6.23. The molecule has 146 valence electrons. The van der Waals surface area contributed by atoms with Gasteiger partial charge >= 0.3 is 0 Å². The first-order chi connectivity index (χ1) is 13.9. The van der Waals surface area contributed by atoms with Gasteiger partial charge in [-0.2, -0.15) is 0 Å². The minimum atomic E-state index is -0.267. The third-order valence-electron chi connectivity index (χ3n) is 6.60. The van der Waals surface area contributed by atoms with Crippen molar-refractivity contribution in [3.05, 3.63) is 71.3 Å². The Morgan fingerprint density at radius 1 is 0.931 bits per heavy atom. The Labute approximate surface area is 169 Å². The minimum Gasteiger partial charge on any atom is -0.322 e. The van der Waals surface area contributed by atoms with Gasteiger partial charge in [0.25, 0.3) is 5.91 Å². The van der Waals surface area contributed by atoms with E-state index >= 15 is 0 Å². The third-order valence-corrected chi connectivity index (χ3v) is 6.60. The molecule has 5 nitrogen and oxygen atoms in total. The molecule has 3 amide bonds. The Bertz CT molecular complexity index is 1060. The summed E-state index contributed by atoms with van der Waals surface area (Å²) in [4.78, 5) is 40.0. The van der Waals surface area contributed by atoms with Crippen LogP contribution in [0.2, 0.25) is 0 Å². The number of benzene rings is 2. The molecule has 0 unspecified atom stereocenters. The quantitative estimate of drug-likeness (QED) is 0.643. The summed E-state index contributed by atoms with van der Waals surface area (Å²) >= 11 is 0. The maximum atomic E-state index is 13.0. The lowest BCUT2D eigenvalue weighted by molar-refractivity contribution is -0.123. The number of anilines is 2. The predicted octanol–water partition coefficient (Wildman–Crippen LogP) is 3.87. The molecule has 1 aliphatic heterocycles. The van der Waals surface area contributed by atoms with Gasteiger partial charge in [-0.25, -0.2) is 4.90 Å². The Morgan fingerprint density at radius 3 is 2.28 bits per heavy atom. The second-order valence-corrected chi connectivity index (χ2v) is 8.32. The summed E-state index contributed by atoms with van der Waals surface area (Å²) in [5.74, 6) is -0.690. The van der Waals surface area contributed by atoms with E-state index in [0.717, 1.165) is 17.5 Å². The van der Waals surface area contributed by atoms with Gasteiger partial charge in [-0.3, -0.25) is 14.4 Å². The summed E-state index contributed by atoms with van der Waals surface area (Å²) in [5.41, 5.74) is 3.86. The molecule has 1 saturated carbocycles. The average molecular weight is 386 g/mol. The molecule has 1 saturated heterocycles. The molecular weight excluding hydrogens is 364 g/mol. The van der Waals surface area contributed by atoms with Gasteiger partial charge in [-0.15, -0.1) is 0 Å². The van der Waals surface area contributed by atoms with Gasteiger partial charge < -0.3 is 5.32 Å². The van der Waals surface area contributed by atoms with Crippen molar-refractivity contribution >= 4 is 29.1 Å². The van der Waals surface area contributed by atoms with Crippen molar-refractivity contribution in [2.24, 2.45) is 23.7 Å². The summed E-state index contributed by atoms with van der Waals surface area (Å²) in [6.45, 7) is 4.01. The van der Waals surface area contributed by atoms with E-state index in [0.29, 0.717) is 16.9 Å². The molecule has 2 aromatic carbocycles. The zero-order valence-electron chi connectivity index (χ0n) is 16.4. The second kappa shape index (κ2) is 6.41. The van der Waals surface area contributed by atoms with Crippen molar-refractivity contribution < 1.29 is 14.4 Å². The molecule has 1 N–H and O–H groups in total. The van der Waals surface area contributed by atoms with E-state index in [4.69, 9.17) is 0 Å². The molecule has 0 spiro atoms. The third kappa shape index (κ3) is 2.72. The van der Waals surface area contributed by atoms with Gasteiger partial charge in [0.2, 0.25) is 11.8 Å². The first-order valence-electron chi connectivity index (χ1n) is 9.99. The summed E-state index contributed by atoms with van der Waals surface area (Å²) in [7, 11) is 0. The largest absolute Gasteiger partial charge is 0.322 e. The molecular formula is C24H22N2O3. The molecule has 2 fully saturated rings. The van der Waals surface area contributed by atoms with Crippen LogP contribution in [0.1, 0.15) is 27.9 Å². The first-order valence-corrected chi connectivity index (χ1v) is 9.99. The van der Waals surface area contributed by atoms with Crippen LogP contribution in [0.3, 0.4) is 0 Å². The maximum absolute atomic E-state index is 13.0. The maximum Gasteiger partial charge on any atom is 0.255 e. The molecule has 2 aromatic rings. The topological polar surface area (TPSA) is 66.5 Å². The number of amides is 3. The number of carbonyl (C=O) groups is 3. The van der Waals surface area contributed by atoms with E-state index in [1.165, 1.54) is 4.90 Å². The predicted molar refractivity (Wildman–Crippen MR) is 111 cm³/mol. The fourth-order valence-electron chi connectivity index (χ4n) is 4.97. The van der Waals surface area contributed by atoms with E-state index in [1.807, 2.05) is 32.0 Å². The van der Waals surface area contributed by atoms with Crippen molar-refractivity contribution in [1.82, 2.24) is 0 Å². The van der Waals surface area contributed by atoms with Crippen molar-refractivity contribution in [2.45, 2.75) is 20.3 Å². The summed E-state index contributed by atoms with van der Waals surface area (Å²) < 4.78 is 0. The summed E-state index contributed by atoms with van der Waals surface area (Å²) in [6.07, 6.45) is 5.06. The summed E-state index contributed by atoms with van der Waals surface area (Å²) in [6, 6.07) is 12.5. The Hall–Kier alpha value is -3.21. The summed E-state index contributed by atoms with van der Waals surface area (Å²) in [5, 5.41) is 2.89. The Morgan fingerprint density at radius 2 is 1.62 bits per heavy atom. The number of aryl methyl sites for hydroxylation is 2. The highest BCUT2D eigenvalue weighted by atomic mass is 16.2. The van der Waals surface area contributed by atoms with Crippen molar-refractivity contribution in [3.63, 3.8) is 0 Å². The van der Waals surface area contributed by atoms with E-state index < -0.39 is 0 Å². The first kappa shape index (κ1) is 17.9. The molecule has 29 heavy (non-hydrogen) atoms. The molecule has 2 bridgehead atoms. The van der Waals surface area contributed by atoms with Crippen LogP contribution in [0, 0.1) is 37.5 Å². The number of nitrogens with zero attached hydrogens (tertiary/aromatic N) is 1. The van der Waals surface area contributed by atoms with E-state index in [9.17, 15) is 14.4 Å². The van der Waals surface area contributed by atoms with E-state index in [-0.39, 0.29) is 41.4 Å². The lowest BCUT2D eigenvalue weighted by Crippen LogP contribution is -2.33. The van der Waals surface area contributed by atoms with Crippen LogP contribution >= 0.6 is 0 Å². The van der Waals surface area contributed by atoms with Crippen LogP contribution in [-0.4, -0.2) is 17.7 Å². The molecule has 4 atom stereocenters. The smallest absolute Gasteiger partial charge is 0.255 e. The fraction of sp³-hybridized carbons (Fsp3) is 0.292. The standard InChI is InChI=1S/C24H22N2O3/c1-13-6-9-18(10-14(13)2)25-22(27)17-4-3-5-19(12-17)26-23(28)20-15-7-8-16(11-15)21(20)24(26)29/h3-10,12,15-16,20-21H,11H2,1-2H3,(H,25,27)/t15-,16+,20+,21-. The highest BCUT2D eigenvalue weighted by Crippen LogP contribution is 2.53. The number of carbonyl (C=O) groups excluding carboxylic acids is 3. The normalized spacial score (nSPS) is 26.9. The van der Waals surface area contributed by atoms with Crippen LogP contribution in [0.25, 0.3) is 0 Å².